The minimum atomic E-state index is 0.486. The Labute approximate surface area is 99.4 Å². The van der Waals surface area contributed by atoms with E-state index in [2.05, 4.69) is 18.7 Å². The van der Waals surface area contributed by atoms with Gasteiger partial charge in [-0.25, -0.2) is 0 Å². The zero-order chi connectivity index (χ0) is 11.6. The first-order valence-electron chi connectivity index (χ1n) is 6.89. The summed E-state index contributed by atoms with van der Waals surface area (Å²) >= 11 is 0. The number of carbonyl (C=O) groups excluding carboxylic acids is 1. The number of nitrogens with zero attached hydrogens (tertiary/aromatic N) is 1. The van der Waals surface area contributed by atoms with Gasteiger partial charge in [-0.2, -0.15) is 0 Å². The quantitative estimate of drug-likeness (QED) is 0.717. The van der Waals surface area contributed by atoms with E-state index in [-0.39, 0.29) is 0 Å². The standard InChI is InChI=1S/C14H25NO/c1-3-14(2)7-9-15(10-8-14)12-5-4-6-13(16)11-12/h12H,3-11H2,1-2H3. The lowest BCUT2D eigenvalue weighted by Gasteiger charge is -2.43. The molecule has 0 radical (unpaired) electrons. The molecule has 0 amide bonds. The fourth-order valence-corrected chi connectivity index (χ4v) is 3.10. The van der Waals surface area contributed by atoms with Crippen molar-refractivity contribution in [3.63, 3.8) is 0 Å². The third kappa shape index (κ3) is 2.65. The molecule has 1 atom stereocenters. The molecule has 1 aliphatic carbocycles. The highest BCUT2D eigenvalue weighted by atomic mass is 16.1. The Balaban J connectivity index is 1.86. The van der Waals surface area contributed by atoms with Gasteiger partial charge < -0.3 is 0 Å². The fourth-order valence-electron chi connectivity index (χ4n) is 3.10. The highest BCUT2D eigenvalue weighted by Gasteiger charge is 2.32. The monoisotopic (exact) mass is 223 g/mol. The third-order valence-corrected chi connectivity index (χ3v) is 4.83. The van der Waals surface area contributed by atoms with Crippen LogP contribution < -0.4 is 0 Å². The first-order chi connectivity index (χ1) is 7.63. The molecule has 1 unspecified atom stereocenters. The molecule has 16 heavy (non-hydrogen) atoms. The first-order valence-corrected chi connectivity index (χ1v) is 6.89. The second-order valence-electron chi connectivity index (χ2n) is 5.99. The Morgan fingerprint density at radius 1 is 1.38 bits per heavy atom. The highest BCUT2D eigenvalue weighted by molar-refractivity contribution is 5.79. The van der Waals surface area contributed by atoms with Crippen LogP contribution in [0.4, 0.5) is 0 Å². The fraction of sp³-hybridized carbons (Fsp3) is 0.929. The van der Waals surface area contributed by atoms with Crippen molar-refractivity contribution >= 4 is 5.78 Å². The van der Waals surface area contributed by atoms with E-state index in [4.69, 9.17) is 0 Å². The molecular formula is C14H25NO. The van der Waals surface area contributed by atoms with Gasteiger partial charge in [-0.15, -0.1) is 0 Å². The Morgan fingerprint density at radius 3 is 2.62 bits per heavy atom. The van der Waals surface area contributed by atoms with E-state index in [1.165, 1.54) is 38.8 Å². The van der Waals surface area contributed by atoms with Crippen LogP contribution in [0.5, 0.6) is 0 Å². The summed E-state index contributed by atoms with van der Waals surface area (Å²) in [4.78, 5) is 14.1. The minimum absolute atomic E-state index is 0.486. The number of hydrogen-bond acceptors (Lipinski definition) is 2. The zero-order valence-corrected chi connectivity index (χ0v) is 10.8. The van der Waals surface area contributed by atoms with E-state index in [9.17, 15) is 4.79 Å². The summed E-state index contributed by atoms with van der Waals surface area (Å²) in [5, 5.41) is 0. The van der Waals surface area contributed by atoms with Crippen LogP contribution in [-0.4, -0.2) is 29.8 Å². The number of likely N-dealkylation sites (tertiary alicyclic amines) is 1. The van der Waals surface area contributed by atoms with E-state index in [1.807, 2.05) is 0 Å². The summed E-state index contributed by atoms with van der Waals surface area (Å²) in [6.07, 6.45) is 7.94. The average molecular weight is 223 g/mol. The van der Waals surface area contributed by atoms with E-state index in [1.54, 1.807) is 0 Å². The SMILES string of the molecule is CCC1(C)CCN(C2CCCC(=O)C2)CC1. The average Bonchev–Trinajstić information content (AvgIpc) is 2.30. The van der Waals surface area contributed by atoms with E-state index in [0.717, 1.165) is 19.3 Å². The molecule has 1 saturated carbocycles. The second-order valence-corrected chi connectivity index (χ2v) is 5.99. The number of piperidine rings is 1. The molecule has 2 fully saturated rings. The summed E-state index contributed by atoms with van der Waals surface area (Å²) in [6, 6.07) is 0.572. The molecule has 2 heteroatoms. The van der Waals surface area contributed by atoms with Crippen molar-refractivity contribution in [1.82, 2.24) is 4.90 Å². The maximum Gasteiger partial charge on any atom is 0.134 e. The van der Waals surface area contributed by atoms with Gasteiger partial charge in [0, 0.05) is 18.9 Å². The molecule has 1 aliphatic heterocycles. The van der Waals surface area contributed by atoms with Crippen LogP contribution in [0.3, 0.4) is 0 Å². The maximum absolute atomic E-state index is 11.5. The topological polar surface area (TPSA) is 20.3 Å². The van der Waals surface area contributed by atoms with Gasteiger partial charge in [0.2, 0.25) is 0 Å². The lowest BCUT2D eigenvalue weighted by molar-refractivity contribution is -0.122. The Bertz CT molecular complexity index is 253. The molecule has 2 rings (SSSR count). The molecule has 2 nitrogen and oxygen atoms in total. The van der Waals surface area contributed by atoms with E-state index in [0.29, 0.717) is 17.2 Å². The predicted molar refractivity (Wildman–Crippen MR) is 66.5 cm³/mol. The van der Waals surface area contributed by atoms with Gasteiger partial charge in [0.1, 0.15) is 5.78 Å². The Hall–Kier alpha value is -0.370. The Kier molecular flexibility index (Phi) is 3.68. The number of hydrogen-bond donors (Lipinski definition) is 0. The molecule has 1 heterocycles. The second kappa shape index (κ2) is 4.87. The molecule has 0 aromatic rings. The van der Waals surface area contributed by atoms with Crippen LogP contribution in [-0.2, 0) is 4.79 Å². The lowest BCUT2D eigenvalue weighted by atomic mass is 9.77. The normalized spacial score (nSPS) is 31.6. The number of ketones is 1. The summed E-state index contributed by atoms with van der Waals surface area (Å²) in [6.45, 7) is 7.14. The molecule has 0 aromatic heterocycles. The lowest BCUT2D eigenvalue weighted by Crippen LogP contribution is -2.46. The molecule has 0 aromatic carbocycles. The van der Waals surface area contributed by atoms with Crippen LogP contribution in [0.25, 0.3) is 0 Å². The highest BCUT2D eigenvalue weighted by Crippen LogP contribution is 2.35. The number of rotatable bonds is 2. The van der Waals surface area contributed by atoms with Gasteiger partial charge >= 0.3 is 0 Å². The Morgan fingerprint density at radius 2 is 2.06 bits per heavy atom. The van der Waals surface area contributed by atoms with Crippen LogP contribution in [0.15, 0.2) is 0 Å². The van der Waals surface area contributed by atoms with Crippen molar-refractivity contribution < 1.29 is 4.79 Å². The first kappa shape index (κ1) is 12.1. The zero-order valence-electron chi connectivity index (χ0n) is 10.8. The van der Waals surface area contributed by atoms with Gasteiger partial charge in [0.15, 0.2) is 0 Å². The molecule has 92 valence electrons. The van der Waals surface area contributed by atoms with Gasteiger partial charge in [0.25, 0.3) is 0 Å². The van der Waals surface area contributed by atoms with Gasteiger partial charge in [0.05, 0.1) is 0 Å². The number of Topliss-reactive ketones (excluding diaryl/α,β-unsaturated/α-hetero) is 1. The van der Waals surface area contributed by atoms with Gasteiger partial charge in [-0.3, -0.25) is 9.69 Å². The van der Waals surface area contributed by atoms with Crippen LogP contribution in [0.2, 0.25) is 0 Å². The number of carbonyl (C=O) groups is 1. The van der Waals surface area contributed by atoms with Crippen LogP contribution in [0.1, 0.15) is 58.8 Å². The van der Waals surface area contributed by atoms with Crippen LogP contribution >= 0.6 is 0 Å². The maximum atomic E-state index is 11.5. The van der Waals surface area contributed by atoms with Crippen molar-refractivity contribution in [2.75, 3.05) is 13.1 Å². The molecule has 1 saturated heterocycles. The van der Waals surface area contributed by atoms with Crippen molar-refractivity contribution in [1.29, 1.82) is 0 Å². The van der Waals surface area contributed by atoms with Crippen molar-refractivity contribution in [3.8, 4) is 0 Å². The van der Waals surface area contributed by atoms with Gasteiger partial charge in [-0.05, 0) is 44.2 Å². The minimum Gasteiger partial charge on any atom is -0.300 e. The molecule has 0 N–H and O–H groups in total. The van der Waals surface area contributed by atoms with Gasteiger partial charge in [-0.1, -0.05) is 20.3 Å². The molecule has 0 bridgehead atoms. The van der Waals surface area contributed by atoms with E-state index >= 15 is 0 Å². The van der Waals surface area contributed by atoms with Crippen LogP contribution in [0, 0.1) is 5.41 Å². The molecular weight excluding hydrogens is 198 g/mol. The predicted octanol–water partition coefficient (Wildman–Crippen LogP) is 3.01. The summed E-state index contributed by atoms with van der Waals surface area (Å²) in [7, 11) is 0. The summed E-state index contributed by atoms with van der Waals surface area (Å²) in [5.41, 5.74) is 0.565. The third-order valence-electron chi connectivity index (χ3n) is 4.83. The molecule has 0 spiro atoms. The summed E-state index contributed by atoms with van der Waals surface area (Å²) in [5.74, 6) is 0.486. The van der Waals surface area contributed by atoms with Crippen molar-refractivity contribution in [2.24, 2.45) is 5.41 Å². The van der Waals surface area contributed by atoms with Crippen molar-refractivity contribution in [2.45, 2.75) is 64.8 Å². The molecule has 2 aliphatic rings. The summed E-state index contributed by atoms with van der Waals surface area (Å²) < 4.78 is 0. The van der Waals surface area contributed by atoms with Crippen molar-refractivity contribution in [3.05, 3.63) is 0 Å². The smallest absolute Gasteiger partial charge is 0.134 e. The largest absolute Gasteiger partial charge is 0.300 e. The van der Waals surface area contributed by atoms with E-state index < -0.39 is 0 Å².